The van der Waals surface area contributed by atoms with Gasteiger partial charge in [0.2, 0.25) is 0 Å². The monoisotopic (exact) mass is 559 g/mol. The van der Waals surface area contributed by atoms with E-state index in [4.69, 9.17) is 15.6 Å². The summed E-state index contributed by atoms with van der Waals surface area (Å²) >= 11 is 0. The molecule has 3 N–H and O–H groups in total. The van der Waals surface area contributed by atoms with E-state index in [9.17, 15) is 9.90 Å². The SMILES string of the molecule is CC(C)(CN1CCC(n2nc(-c3ccc(Oc4ccccc4)cc3)c3c(N)ncnc32)C(F)C1)C1CN(C(=O)O)C1. The Morgan fingerprint density at radius 1 is 1.07 bits per heavy atom. The van der Waals surface area contributed by atoms with Crippen molar-refractivity contribution in [1.29, 1.82) is 0 Å². The number of piperidine rings is 1. The summed E-state index contributed by atoms with van der Waals surface area (Å²) in [6, 6.07) is 16.6. The standard InChI is InChI=1S/C30H34FN7O3/c1-30(2,20-14-37(15-20)29(39)40)17-36-13-12-24(23(31)16-36)38-28-25(27(32)33-18-34-28)26(35-38)19-8-10-22(11-9-19)41-21-6-4-3-5-7-21/h3-11,18,20,23-24H,12-17H2,1-2H3,(H,39,40)(H2,32,33,34). The van der Waals surface area contributed by atoms with Gasteiger partial charge in [0.1, 0.15) is 35.5 Å². The molecule has 0 aliphatic carbocycles. The number of carboxylic acid groups (broad SMARTS) is 1. The number of anilines is 1. The van der Waals surface area contributed by atoms with Gasteiger partial charge in [-0.05, 0) is 48.2 Å². The van der Waals surface area contributed by atoms with Gasteiger partial charge in [-0.2, -0.15) is 5.10 Å². The molecule has 6 rings (SSSR count). The maximum Gasteiger partial charge on any atom is 0.407 e. The summed E-state index contributed by atoms with van der Waals surface area (Å²) in [7, 11) is 0. The van der Waals surface area contributed by atoms with Crippen molar-refractivity contribution < 1.29 is 19.0 Å². The number of nitrogens with zero attached hydrogens (tertiary/aromatic N) is 6. The number of rotatable bonds is 7. The molecule has 11 heteroatoms. The topological polar surface area (TPSA) is 123 Å². The molecule has 10 nitrogen and oxygen atoms in total. The van der Waals surface area contributed by atoms with Gasteiger partial charge in [0.05, 0.1) is 11.4 Å². The van der Waals surface area contributed by atoms with Gasteiger partial charge in [-0.25, -0.2) is 23.8 Å². The Hall–Kier alpha value is -4.25. The molecule has 0 saturated carbocycles. The molecule has 0 bridgehead atoms. The third-order valence-electron chi connectivity index (χ3n) is 8.42. The van der Waals surface area contributed by atoms with E-state index in [0.29, 0.717) is 60.9 Å². The molecule has 41 heavy (non-hydrogen) atoms. The highest BCUT2D eigenvalue weighted by atomic mass is 19.1. The number of ether oxygens (including phenoxy) is 1. The molecule has 2 unspecified atom stereocenters. The number of para-hydroxylation sites is 1. The quantitative estimate of drug-likeness (QED) is 0.321. The minimum atomic E-state index is -1.16. The van der Waals surface area contributed by atoms with Crippen molar-refractivity contribution in [3.8, 4) is 22.8 Å². The molecule has 0 radical (unpaired) electrons. The van der Waals surface area contributed by atoms with Gasteiger partial charge >= 0.3 is 6.09 Å². The zero-order valence-corrected chi connectivity index (χ0v) is 23.2. The van der Waals surface area contributed by atoms with Gasteiger partial charge in [0, 0.05) is 44.2 Å². The zero-order chi connectivity index (χ0) is 28.7. The average molecular weight is 560 g/mol. The molecule has 4 aromatic rings. The maximum atomic E-state index is 15.8. The Labute approximate surface area is 237 Å². The second kappa shape index (κ2) is 10.6. The summed E-state index contributed by atoms with van der Waals surface area (Å²) in [5.74, 6) is 1.98. The first-order chi connectivity index (χ1) is 19.7. The van der Waals surface area contributed by atoms with Crippen LogP contribution < -0.4 is 10.5 Å². The molecule has 2 saturated heterocycles. The average Bonchev–Trinajstić information content (AvgIpc) is 3.29. The van der Waals surface area contributed by atoms with Gasteiger partial charge in [0.25, 0.3) is 0 Å². The van der Waals surface area contributed by atoms with Crippen LogP contribution >= 0.6 is 0 Å². The number of fused-ring (bicyclic) bond motifs is 1. The van der Waals surface area contributed by atoms with E-state index < -0.39 is 18.3 Å². The van der Waals surface area contributed by atoms with Crippen LogP contribution in [-0.2, 0) is 0 Å². The number of carbonyl (C=O) groups is 1. The lowest BCUT2D eigenvalue weighted by Crippen LogP contribution is -2.58. The van der Waals surface area contributed by atoms with Crippen LogP contribution in [0.25, 0.3) is 22.3 Å². The molecule has 2 aliphatic heterocycles. The van der Waals surface area contributed by atoms with Crippen molar-refractivity contribution in [2.75, 3.05) is 38.5 Å². The summed E-state index contributed by atoms with van der Waals surface area (Å²) in [5.41, 5.74) is 8.10. The summed E-state index contributed by atoms with van der Waals surface area (Å²) in [5, 5.41) is 14.6. The van der Waals surface area contributed by atoms with E-state index in [1.54, 1.807) is 4.68 Å². The highest BCUT2D eigenvalue weighted by molar-refractivity contribution is 5.98. The van der Waals surface area contributed by atoms with Crippen LogP contribution in [0.1, 0.15) is 26.3 Å². The lowest BCUT2D eigenvalue weighted by Gasteiger charge is -2.49. The van der Waals surface area contributed by atoms with Crippen molar-refractivity contribution in [2.24, 2.45) is 11.3 Å². The lowest BCUT2D eigenvalue weighted by atomic mass is 9.73. The Morgan fingerprint density at radius 3 is 2.46 bits per heavy atom. The summed E-state index contributed by atoms with van der Waals surface area (Å²) < 4.78 is 23.4. The van der Waals surface area contributed by atoms with E-state index in [-0.39, 0.29) is 17.9 Å². The number of nitrogen functional groups attached to an aromatic ring is 1. The fourth-order valence-electron chi connectivity index (χ4n) is 5.94. The highest BCUT2D eigenvalue weighted by Gasteiger charge is 2.43. The largest absolute Gasteiger partial charge is 0.465 e. The molecular weight excluding hydrogens is 525 g/mol. The van der Waals surface area contributed by atoms with Crippen LogP contribution in [0.15, 0.2) is 60.9 Å². The van der Waals surface area contributed by atoms with E-state index in [2.05, 4.69) is 28.7 Å². The summed E-state index contributed by atoms with van der Waals surface area (Å²) in [6.07, 6.45) is -0.0910. The van der Waals surface area contributed by atoms with Gasteiger partial charge in [-0.15, -0.1) is 0 Å². The zero-order valence-electron chi connectivity index (χ0n) is 23.2. The number of likely N-dealkylation sites (tertiary alicyclic amines) is 2. The second-order valence-corrected chi connectivity index (χ2v) is 11.7. The van der Waals surface area contributed by atoms with Crippen LogP contribution in [0.2, 0.25) is 0 Å². The van der Waals surface area contributed by atoms with Crippen LogP contribution in [0.5, 0.6) is 11.5 Å². The van der Waals surface area contributed by atoms with Crippen molar-refractivity contribution in [3.05, 3.63) is 60.9 Å². The molecule has 0 spiro atoms. The highest BCUT2D eigenvalue weighted by Crippen LogP contribution is 2.39. The minimum Gasteiger partial charge on any atom is -0.465 e. The van der Waals surface area contributed by atoms with Crippen molar-refractivity contribution >= 4 is 22.9 Å². The molecule has 4 heterocycles. The lowest BCUT2D eigenvalue weighted by molar-refractivity contribution is -0.0112. The molecule has 1 amide bonds. The van der Waals surface area contributed by atoms with Gasteiger partial charge < -0.3 is 20.5 Å². The minimum absolute atomic E-state index is 0.123. The molecule has 2 aromatic heterocycles. The maximum absolute atomic E-state index is 15.8. The number of amides is 1. The number of halogens is 1. The first-order valence-electron chi connectivity index (χ1n) is 13.9. The van der Waals surface area contributed by atoms with Crippen molar-refractivity contribution in [3.63, 3.8) is 0 Å². The van der Waals surface area contributed by atoms with Gasteiger partial charge in [-0.1, -0.05) is 32.0 Å². The van der Waals surface area contributed by atoms with Crippen LogP contribution in [0.4, 0.5) is 15.0 Å². The molecular formula is C30H34FN7O3. The second-order valence-electron chi connectivity index (χ2n) is 11.7. The molecule has 2 atom stereocenters. The molecule has 2 aliphatic rings. The summed E-state index contributed by atoms with van der Waals surface area (Å²) in [6.45, 7) is 7.01. The number of aromatic nitrogens is 4. The smallest absolute Gasteiger partial charge is 0.407 e. The predicted octanol–water partition coefficient (Wildman–Crippen LogP) is 5.09. The van der Waals surface area contributed by atoms with E-state index in [1.165, 1.54) is 11.2 Å². The number of alkyl halides is 1. The molecule has 2 fully saturated rings. The predicted molar refractivity (Wildman–Crippen MR) is 154 cm³/mol. The molecule has 214 valence electrons. The Kier molecular flexibility index (Phi) is 6.98. The molecule has 2 aromatic carbocycles. The normalized spacial score (nSPS) is 20.2. The van der Waals surface area contributed by atoms with E-state index in [1.807, 2.05) is 54.6 Å². The Bertz CT molecular complexity index is 1540. The fourth-order valence-corrected chi connectivity index (χ4v) is 5.94. The fraction of sp³-hybridized carbons (Fsp3) is 0.400. The number of nitrogens with two attached hydrogens (primary N) is 1. The van der Waals surface area contributed by atoms with Crippen LogP contribution in [0, 0.1) is 11.3 Å². The van der Waals surface area contributed by atoms with E-state index in [0.717, 1.165) is 11.3 Å². The third-order valence-corrected chi connectivity index (χ3v) is 8.42. The number of benzene rings is 2. The summed E-state index contributed by atoms with van der Waals surface area (Å²) in [4.78, 5) is 23.4. The Balaban J connectivity index is 1.20. The van der Waals surface area contributed by atoms with E-state index >= 15 is 4.39 Å². The van der Waals surface area contributed by atoms with Gasteiger partial charge in [-0.3, -0.25) is 4.90 Å². The van der Waals surface area contributed by atoms with Gasteiger partial charge in [0.15, 0.2) is 5.65 Å². The van der Waals surface area contributed by atoms with Crippen molar-refractivity contribution in [1.82, 2.24) is 29.5 Å². The van der Waals surface area contributed by atoms with Crippen molar-refractivity contribution in [2.45, 2.75) is 32.5 Å². The number of hydrogen-bond acceptors (Lipinski definition) is 7. The first-order valence-corrected chi connectivity index (χ1v) is 13.9. The third kappa shape index (κ3) is 5.29. The van der Waals surface area contributed by atoms with Crippen LogP contribution in [-0.4, -0.2) is 79.6 Å². The number of hydrogen-bond donors (Lipinski definition) is 2. The van der Waals surface area contributed by atoms with Crippen LogP contribution in [0.3, 0.4) is 0 Å². The Morgan fingerprint density at radius 2 is 1.78 bits per heavy atom. The first kappa shape index (κ1) is 26.9.